The Labute approximate surface area is 160 Å². The average Bonchev–Trinajstić information content (AvgIpc) is 3.11. The molecular weight excluding hydrogens is 394 g/mol. The number of nitrogens with one attached hydrogen (secondary N) is 1. The summed E-state index contributed by atoms with van der Waals surface area (Å²) in [5.41, 5.74) is -0.265. The number of halogens is 2. The van der Waals surface area contributed by atoms with Gasteiger partial charge in [0.1, 0.15) is 0 Å². The number of carbonyl (C=O) groups is 1. The van der Waals surface area contributed by atoms with Crippen LogP contribution in [0.2, 0.25) is 0 Å². The van der Waals surface area contributed by atoms with Gasteiger partial charge in [-0.25, -0.2) is 13.6 Å². The summed E-state index contributed by atoms with van der Waals surface area (Å²) in [6, 6.07) is 2.90. The molecule has 1 N–H and O–H groups in total. The quantitative estimate of drug-likeness (QED) is 0.487. The molecule has 0 saturated carbocycles. The Kier molecular flexibility index (Phi) is 5.54. The van der Waals surface area contributed by atoms with Gasteiger partial charge < -0.3 is 9.40 Å². The van der Waals surface area contributed by atoms with Gasteiger partial charge in [-0.3, -0.25) is 14.2 Å². The van der Waals surface area contributed by atoms with Crippen molar-refractivity contribution in [2.75, 3.05) is 5.75 Å². The number of carbonyl (C=O) groups excluding carboxylic acids is 1. The van der Waals surface area contributed by atoms with Crippen LogP contribution in [0.4, 0.5) is 8.78 Å². The summed E-state index contributed by atoms with van der Waals surface area (Å²) < 4.78 is 32.5. The van der Waals surface area contributed by atoms with Gasteiger partial charge in [0.15, 0.2) is 17.4 Å². The number of Topliss-reactive ketones (excluding diaryl/α,β-unsaturated/α-hetero) is 1. The molecule has 1 aromatic carbocycles. The smallest absolute Gasteiger partial charge is 0.328 e. The first-order valence-electron chi connectivity index (χ1n) is 7.98. The lowest BCUT2D eigenvalue weighted by Crippen LogP contribution is -2.36. The van der Waals surface area contributed by atoms with Gasteiger partial charge in [0, 0.05) is 23.9 Å². The van der Waals surface area contributed by atoms with E-state index in [1.54, 1.807) is 6.92 Å². The second-order valence-corrected chi connectivity index (χ2v) is 6.80. The number of rotatable bonds is 6. The number of nitrogens with zero attached hydrogens (tertiary/aromatic N) is 3. The lowest BCUT2D eigenvalue weighted by atomic mass is 10.1. The van der Waals surface area contributed by atoms with E-state index < -0.39 is 28.7 Å². The lowest BCUT2D eigenvalue weighted by Gasteiger charge is -2.04. The van der Waals surface area contributed by atoms with Crippen molar-refractivity contribution in [1.82, 2.24) is 19.7 Å². The molecule has 0 aliphatic heterocycles. The van der Waals surface area contributed by atoms with Gasteiger partial charge >= 0.3 is 5.69 Å². The van der Waals surface area contributed by atoms with Gasteiger partial charge in [-0.2, -0.15) is 0 Å². The first kappa shape index (κ1) is 19.7. The molecule has 146 valence electrons. The number of hydrogen-bond acceptors (Lipinski definition) is 7. The third-order valence-corrected chi connectivity index (χ3v) is 4.78. The third-order valence-electron chi connectivity index (χ3n) is 3.96. The van der Waals surface area contributed by atoms with Crippen molar-refractivity contribution in [3.8, 4) is 0 Å². The molecule has 0 saturated heterocycles. The fourth-order valence-electron chi connectivity index (χ4n) is 2.38. The van der Waals surface area contributed by atoms with Crippen molar-refractivity contribution in [2.24, 2.45) is 7.05 Å². The Hall–Kier alpha value is -3.08. The number of thioether (sulfide) groups is 1. The predicted octanol–water partition coefficient (Wildman–Crippen LogP) is 1.61. The number of aromatic nitrogens is 4. The Bertz CT molecular complexity index is 1170. The molecule has 2 heterocycles. The van der Waals surface area contributed by atoms with Gasteiger partial charge in [0.25, 0.3) is 10.8 Å². The summed E-state index contributed by atoms with van der Waals surface area (Å²) in [5, 5.41) is 7.70. The van der Waals surface area contributed by atoms with Crippen molar-refractivity contribution in [1.29, 1.82) is 0 Å². The first-order chi connectivity index (χ1) is 13.3. The molecule has 0 bridgehead atoms. The molecule has 0 amide bonds. The Morgan fingerprint density at radius 3 is 2.71 bits per heavy atom. The highest BCUT2D eigenvalue weighted by Crippen LogP contribution is 2.19. The molecule has 0 unspecified atom stereocenters. The molecule has 0 aliphatic rings. The molecule has 8 nitrogen and oxygen atoms in total. The maximum Gasteiger partial charge on any atom is 0.328 e. The van der Waals surface area contributed by atoms with Gasteiger partial charge in [0.05, 0.1) is 12.2 Å². The van der Waals surface area contributed by atoms with Crippen LogP contribution in [0.25, 0.3) is 0 Å². The Balaban J connectivity index is 1.69. The zero-order valence-electron chi connectivity index (χ0n) is 14.8. The number of ketones is 1. The molecule has 0 atom stereocenters. The standard InChI is InChI=1S/C17H14F2N4O4S/c1-8-10(15(25)23(2)16(26)20-8)6-14-21-22-17(27-14)28-7-13(24)9-3-4-11(18)12(19)5-9/h3-5H,6-7H2,1-2H3,(H,20,26). The number of hydrogen-bond donors (Lipinski definition) is 1. The number of H-pyrrole nitrogens is 1. The van der Waals surface area contributed by atoms with Gasteiger partial charge in [-0.15, -0.1) is 10.2 Å². The maximum absolute atomic E-state index is 13.2. The number of benzene rings is 1. The molecule has 2 aromatic heterocycles. The van der Waals surface area contributed by atoms with Crippen LogP contribution in [0.15, 0.2) is 37.4 Å². The molecule has 3 aromatic rings. The van der Waals surface area contributed by atoms with E-state index in [0.29, 0.717) is 11.3 Å². The van der Waals surface area contributed by atoms with E-state index in [-0.39, 0.29) is 28.9 Å². The number of aryl methyl sites for hydroxylation is 1. The summed E-state index contributed by atoms with van der Waals surface area (Å²) in [6.45, 7) is 1.59. The van der Waals surface area contributed by atoms with Gasteiger partial charge in [-0.1, -0.05) is 11.8 Å². The topological polar surface area (TPSA) is 111 Å². The van der Waals surface area contributed by atoms with Gasteiger partial charge in [0.2, 0.25) is 5.89 Å². The zero-order valence-corrected chi connectivity index (χ0v) is 15.6. The summed E-state index contributed by atoms with van der Waals surface area (Å²) in [6.07, 6.45) is 0.0139. The number of aromatic amines is 1. The van der Waals surface area contributed by atoms with Crippen molar-refractivity contribution in [3.63, 3.8) is 0 Å². The van der Waals surface area contributed by atoms with E-state index in [2.05, 4.69) is 15.2 Å². The van der Waals surface area contributed by atoms with Crippen LogP contribution in [-0.4, -0.2) is 31.3 Å². The lowest BCUT2D eigenvalue weighted by molar-refractivity contribution is 0.102. The van der Waals surface area contributed by atoms with Crippen molar-refractivity contribution in [2.45, 2.75) is 18.6 Å². The normalized spacial score (nSPS) is 11.0. The van der Waals surface area contributed by atoms with Crippen molar-refractivity contribution in [3.05, 3.63) is 73.4 Å². The van der Waals surface area contributed by atoms with Crippen molar-refractivity contribution >= 4 is 17.5 Å². The highest BCUT2D eigenvalue weighted by Gasteiger charge is 2.16. The maximum atomic E-state index is 13.2. The molecule has 0 aliphatic carbocycles. The van der Waals surface area contributed by atoms with Crippen molar-refractivity contribution < 1.29 is 18.0 Å². The molecule has 28 heavy (non-hydrogen) atoms. The summed E-state index contributed by atoms with van der Waals surface area (Å²) in [5.74, 6) is -2.56. The van der Waals surface area contributed by atoms with Crippen LogP contribution >= 0.6 is 11.8 Å². The molecule has 3 rings (SSSR count). The summed E-state index contributed by atoms with van der Waals surface area (Å²) >= 11 is 0.932. The van der Waals surface area contributed by atoms with Crippen LogP contribution in [-0.2, 0) is 13.5 Å². The van der Waals surface area contributed by atoms with Crippen LogP contribution in [0.1, 0.15) is 27.5 Å². The second-order valence-electron chi connectivity index (χ2n) is 5.88. The van der Waals surface area contributed by atoms with E-state index in [9.17, 15) is 23.2 Å². The van der Waals surface area contributed by atoms with Gasteiger partial charge in [-0.05, 0) is 25.1 Å². The van der Waals surface area contributed by atoms with E-state index in [0.717, 1.165) is 28.5 Å². The summed E-state index contributed by atoms with van der Waals surface area (Å²) in [7, 11) is 1.35. The fraction of sp³-hybridized carbons (Fsp3) is 0.235. The van der Waals surface area contributed by atoms with E-state index in [4.69, 9.17) is 4.42 Å². The predicted molar refractivity (Wildman–Crippen MR) is 95.6 cm³/mol. The highest BCUT2D eigenvalue weighted by molar-refractivity contribution is 7.99. The van der Waals surface area contributed by atoms with Crippen LogP contribution in [0, 0.1) is 18.6 Å². The molecule has 0 radical (unpaired) electrons. The fourth-order valence-corrected chi connectivity index (χ4v) is 3.06. The van der Waals surface area contributed by atoms with Crippen LogP contribution < -0.4 is 11.2 Å². The highest BCUT2D eigenvalue weighted by atomic mass is 32.2. The summed E-state index contributed by atoms with van der Waals surface area (Å²) in [4.78, 5) is 38.4. The zero-order chi connectivity index (χ0) is 20.4. The molecule has 0 fully saturated rings. The second kappa shape index (κ2) is 7.89. The SMILES string of the molecule is Cc1[nH]c(=O)n(C)c(=O)c1Cc1nnc(SCC(=O)c2ccc(F)c(F)c2)o1. The minimum Gasteiger partial charge on any atom is -0.416 e. The minimum atomic E-state index is -1.10. The molecule has 0 spiro atoms. The van der Waals surface area contributed by atoms with E-state index in [1.807, 2.05) is 0 Å². The molecular formula is C17H14F2N4O4S. The molecule has 11 heteroatoms. The minimum absolute atomic E-state index is 0.0139. The van der Waals surface area contributed by atoms with Crippen LogP contribution in [0.5, 0.6) is 0 Å². The average molecular weight is 408 g/mol. The largest absolute Gasteiger partial charge is 0.416 e. The Morgan fingerprint density at radius 1 is 1.25 bits per heavy atom. The monoisotopic (exact) mass is 408 g/mol. The van der Waals surface area contributed by atoms with E-state index >= 15 is 0 Å². The van der Waals surface area contributed by atoms with Crippen LogP contribution in [0.3, 0.4) is 0 Å². The third kappa shape index (κ3) is 4.09. The Morgan fingerprint density at radius 2 is 2.00 bits per heavy atom. The first-order valence-corrected chi connectivity index (χ1v) is 8.97. The van der Waals surface area contributed by atoms with E-state index in [1.165, 1.54) is 13.1 Å².